The van der Waals surface area contributed by atoms with Crippen LogP contribution in [0.1, 0.15) is 49.0 Å². The molecule has 2 heterocycles. The van der Waals surface area contributed by atoms with Gasteiger partial charge in [-0.05, 0) is 30.0 Å². The molecule has 4 rings (SSSR count). The summed E-state index contributed by atoms with van der Waals surface area (Å²) in [6.07, 6.45) is 3.15. The normalized spacial score (nSPS) is 21.2. The smallest absolute Gasteiger partial charge is 0.255 e. The number of nitrogens with zero attached hydrogens (tertiary/aromatic N) is 2. The lowest BCUT2D eigenvalue weighted by atomic mass is 9.94. The third kappa shape index (κ3) is 4.55. The highest BCUT2D eigenvalue weighted by Crippen LogP contribution is 2.35. The molecule has 0 unspecified atom stereocenters. The van der Waals surface area contributed by atoms with Crippen LogP contribution >= 0.6 is 11.6 Å². The average Bonchev–Trinajstić information content (AvgIpc) is 3.05. The molecule has 0 aromatic heterocycles. The molecule has 2 fully saturated rings. The summed E-state index contributed by atoms with van der Waals surface area (Å²) in [5.41, 5.74) is 1.31. The number of benzene rings is 2. The highest BCUT2D eigenvalue weighted by Gasteiger charge is 2.51. The Kier molecular flexibility index (Phi) is 6.87. The molecule has 170 valence electrons. The lowest BCUT2D eigenvalue weighted by molar-refractivity contribution is -0.134. The molecule has 0 radical (unpaired) electrons. The van der Waals surface area contributed by atoms with Gasteiger partial charge in [0.2, 0.25) is 5.91 Å². The molecule has 0 aliphatic carbocycles. The van der Waals surface area contributed by atoms with E-state index >= 15 is 0 Å². The number of carbonyl (C=O) groups excluding carboxylic acids is 2. The van der Waals surface area contributed by atoms with Crippen molar-refractivity contribution in [1.29, 1.82) is 0 Å². The van der Waals surface area contributed by atoms with Crippen molar-refractivity contribution in [2.75, 3.05) is 19.6 Å². The van der Waals surface area contributed by atoms with Crippen LogP contribution in [0.25, 0.3) is 0 Å². The Hall–Kier alpha value is -2.37. The number of likely N-dealkylation sites (tertiary alicyclic amines) is 1. The SMILES string of the molecule is CC[C@H](C)CN1C(=O)[C@H](Cc2ccccc2)NC12CCN(C(=O)c1ccccc1Cl)CC2. The van der Waals surface area contributed by atoms with Gasteiger partial charge in [0.05, 0.1) is 22.3 Å². The van der Waals surface area contributed by atoms with Crippen molar-refractivity contribution in [2.24, 2.45) is 5.92 Å². The van der Waals surface area contributed by atoms with E-state index in [1.165, 1.54) is 0 Å². The van der Waals surface area contributed by atoms with Crippen molar-refractivity contribution in [3.8, 4) is 0 Å². The van der Waals surface area contributed by atoms with Crippen LogP contribution in [0.2, 0.25) is 5.02 Å². The fourth-order valence-electron chi connectivity index (χ4n) is 4.86. The number of amides is 2. The second-order valence-corrected chi connectivity index (χ2v) is 9.56. The summed E-state index contributed by atoms with van der Waals surface area (Å²) in [5.74, 6) is 0.569. The zero-order valence-electron chi connectivity index (χ0n) is 18.9. The zero-order chi connectivity index (χ0) is 22.7. The Morgan fingerprint density at radius 1 is 1.12 bits per heavy atom. The summed E-state index contributed by atoms with van der Waals surface area (Å²) in [7, 11) is 0. The van der Waals surface area contributed by atoms with Crippen molar-refractivity contribution in [2.45, 2.75) is 51.2 Å². The van der Waals surface area contributed by atoms with E-state index in [1.54, 1.807) is 12.1 Å². The number of halogens is 1. The van der Waals surface area contributed by atoms with Gasteiger partial charge in [0.25, 0.3) is 5.91 Å². The van der Waals surface area contributed by atoms with Crippen LogP contribution in [-0.4, -0.2) is 53.0 Å². The maximum atomic E-state index is 13.5. The topological polar surface area (TPSA) is 52.7 Å². The molecule has 1 N–H and O–H groups in total. The first kappa shape index (κ1) is 22.8. The first-order valence-corrected chi connectivity index (χ1v) is 12.0. The van der Waals surface area contributed by atoms with Gasteiger partial charge in [0, 0.05) is 32.5 Å². The number of nitrogens with one attached hydrogen (secondary N) is 1. The lowest BCUT2D eigenvalue weighted by Crippen LogP contribution is -2.60. The average molecular weight is 454 g/mol. The molecule has 2 amide bonds. The zero-order valence-corrected chi connectivity index (χ0v) is 19.6. The number of piperidine rings is 1. The molecule has 6 heteroatoms. The van der Waals surface area contributed by atoms with E-state index in [0.717, 1.165) is 31.4 Å². The largest absolute Gasteiger partial charge is 0.338 e. The maximum absolute atomic E-state index is 13.5. The monoisotopic (exact) mass is 453 g/mol. The number of hydrogen-bond donors (Lipinski definition) is 1. The van der Waals surface area contributed by atoms with Crippen LogP contribution in [0.3, 0.4) is 0 Å². The molecule has 1 spiro atoms. The van der Waals surface area contributed by atoms with Gasteiger partial charge in [-0.2, -0.15) is 0 Å². The summed E-state index contributed by atoms with van der Waals surface area (Å²) in [4.78, 5) is 30.5. The van der Waals surface area contributed by atoms with Gasteiger partial charge in [0.15, 0.2) is 0 Å². The molecule has 2 aliphatic rings. The minimum Gasteiger partial charge on any atom is -0.338 e. The summed E-state index contributed by atoms with van der Waals surface area (Å²) in [5, 5.41) is 4.19. The van der Waals surface area contributed by atoms with Crippen molar-refractivity contribution in [3.05, 3.63) is 70.7 Å². The molecule has 2 aromatic carbocycles. The Labute approximate surface area is 195 Å². The Morgan fingerprint density at radius 2 is 1.78 bits per heavy atom. The Bertz CT molecular complexity index is 957. The molecular weight excluding hydrogens is 422 g/mol. The Balaban J connectivity index is 1.51. The van der Waals surface area contributed by atoms with Gasteiger partial charge < -0.3 is 9.80 Å². The first-order chi connectivity index (χ1) is 15.4. The number of rotatable bonds is 6. The summed E-state index contributed by atoms with van der Waals surface area (Å²) < 4.78 is 0. The summed E-state index contributed by atoms with van der Waals surface area (Å²) in [6, 6.07) is 17.1. The van der Waals surface area contributed by atoms with Gasteiger partial charge in [0.1, 0.15) is 0 Å². The lowest BCUT2D eigenvalue weighted by Gasteiger charge is -2.45. The number of carbonyl (C=O) groups is 2. The molecule has 32 heavy (non-hydrogen) atoms. The van der Waals surface area contributed by atoms with E-state index in [1.807, 2.05) is 35.2 Å². The van der Waals surface area contributed by atoms with E-state index in [-0.39, 0.29) is 17.9 Å². The van der Waals surface area contributed by atoms with Gasteiger partial charge in [-0.15, -0.1) is 0 Å². The van der Waals surface area contributed by atoms with E-state index in [2.05, 4.69) is 36.2 Å². The molecule has 2 atom stereocenters. The van der Waals surface area contributed by atoms with Crippen molar-refractivity contribution >= 4 is 23.4 Å². The highest BCUT2D eigenvalue weighted by atomic mass is 35.5. The maximum Gasteiger partial charge on any atom is 0.255 e. The van der Waals surface area contributed by atoms with Crippen LogP contribution in [0.15, 0.2) is 54.6 Å². The van der Waals surface area contributed by atoms with Crippen molar-refractivity contribution < 1.29 is 9.59 Å². The molecule has 0 bridgehead atoms. The van der Waals surface area contributed by atoms with Crippen LogP contribution in [-0.2, 0) is 11.2 Å². The third-order valence-corrected chi connectivity index (χ3v) is 7.31. The minimum atomic E-state index is -0.392. The summed E-state index contributed by atoms with van der Waals surface area (Å²) >= 11 is 6.26. The predicted molar refractivity (Wildman–Crippen MR) is 128 cm³/mol. The standard InChI is InChI=1S/C26H32ClN3O2/c1-3-19(2)18-30-25(32)23(17-20-9-5-4-6-10-20)28-26(30)13-15-29(16-14-26)24(31)21-11-7-8-12-22(21)27/h4-12,19,23,28H,3,13-18H2,1-2H3/t19-,23-/m0/s1. The van der Waals surface area contributed by atoms with Gasteiger partial charge in [-0.25, -0.2) is 0 Å². The van der Waals surface area contributed by atoms with Crippen LogP contribution in [0, 0.1) is 5.92 Å². The van der Waals surface area contributed by atoms with E-state index in [9.17, 15) is 9.59 Å². The van der Waals surface area contributed by atoms with E-state index < -0.39 is 5.66 Å². The van der Waals surface area contributed by atoms with Gasteiger partial charge in [-0.3, -0.25) is 14.9 Å². The molecule has 2 saturated heterocycles. The van der Waals surface area contributed by atoms with Crippen molar-refractivity contribution in [1.82, 2.24) is 15.1 Å². The van der Waals surface area contributed by atoms with E-state index in [4.69, 9.17) is 11.6 Å². The third-order valence-electron chi connectivity index (χ3n) is 6.98. The van der Waals surface area contributed by atoms with Crippen molar-refractivity contribution in [3.63, 3.8) is 0 Å². The van der Waals surface area contributed by atoms with Crippen LogP contribution < -0.4 is 5.32 Å². The fourth-order valence-corrected chi connectivity index (χ4v) is 5.07. The van der Waals surface area contributed by atoms with E-state index in [0.29, 0.717) is 36.0 Å². The molecule has 5 nitrogen and oxygen atoms in total. The molecule has 2 aromatic rings. The molecule has 2 aliphatic heterocycles. The Morgan fingerprint density at radius 3 is 2.44 bits per heavy atom. The summed E-state index contributed by atoms with van der Waals surface area (Å²) in [6.45, 7) is 6.30. The van der Waals surface area contributed by atoms with Crippen LogP contribution in [0.4, 0.5) is 0 Å². The second-order valence-electron chi connectivity index (χ2n) is 9.15. The van der Waals surface area contributed by atoms with Gasteiger partial charge in [-0.1, -0.05) is 74.3 Å². The molecule has 0 saturated carbocycles. The fraction of sp³-hybridized carbons (Fsp3) is 0.462. The van der Waals surface area contributed by atoms with Crippen LogP contribution in [0.5, 0.6) is 0 Å². The number of hydrogen-bond acceptors (Lipinski definition) is 3. The van der Waals surface area contributed by atoms with Gasteiger partial charge >= 0.3 is 0 Å². The first-order valence-electron chi connectivity index (χ1n) is 11.6. The quantitative estimate of drug-likeness (QED) is 0.706. The predicted octanol–water partition coefficient (Wildman–Crippen LogP) is 4.36. The second kappa shape index (κ2) is 9.63. The highest BCUT2D eigenvalue weighted by molar-refractivity contribution is 6.33. The minimum absolute atomic E-state index is 0.0379. The molecular formula is C26H32ClN3O2.